The molecule has 0 radical (unpaired) electrons. The Hall–Kier alpha value is -2.16. The number of hydrogen-bond acceptors (Lipinski definition) is 4. The Morgan fingerprint density at radius 2 is 2.00 bits per heavy atom. The van der Waals surface area contributed by atoms with Crippen LogP contribution >= 0.6 is 11.6 Å². The molecule has 0 spiro atoms. The summed E-state index contributed by atoms with van der Waals surface area (Å²) in [5.41, 5.74) is -0.114. The van der Waals surface area contributed by atoms with E-state index in [-0.39, 0.29) is 5.56 Å². The molecule has 0 bridgehead atoms. The molecule has 0 aliphatic carbocycles. The van der Waals surface area contributed by atoms with Crippen molar-refractivity contribution >= 4 is 17.5 Å². The normalized spacial score (nSPS) is 13.0. The Labute approximate surface area is 121 Å². The maximum absolute atomic E-state index is 13.1. The number of alkyl halides is 3. The molecule has 1 heterocycles. The molecule has 0 fully saturated rings. The second kappa shape index (κ2) is 6.08. The topological polar surface area (TPSA) is 72.7 Å². The molecule has 21 heavy (non-hydrogen) atoms. The van der Waals surface area contributed by atoms with Gasteiger partial charge in [0.15, 0.2) is 6.04 Å². The maximum Gasteiger partial charge on any atom is 0.412 e. The number of nitrogens with zero attached hydrogens (tertiary/aromatic N) is 4. The first-order valence-corrected chi connectivity index (χ1v) is 6.06. The Bertz CT molecular complexity index is 599. The predicted octanol–water partition coefficient (Wildman–Crippen LogP) is 1.75. The molecular formula is C11H9ClF3N5O. The summed E-state index contributed by atoms with van der Waals surface area (Å²) in [4.78, 5) is 11.7. The van der Waals surface area contributed by atoms with Crippen LogP contribution in [0.15, 0.2) is 30.6 Å². The SMILES string of the molecule is O=C(Cn1cnnn1)N[C@@H](c1ccc(Cl)cc1)C(F)(F)F. The smallest absolute Gasteiger partial charge is 0.339 e. The fourth-order valence-electron chi connectivity index (χ4n) is 1.62. The van der Waals surface area contributed by atoms with E-state index in [0.29, 0.717) is 5.02 Å². The molecule has 10 heteroatoms. The minimum Gasteiger partial charge on any atom is -0.339 e. The quantitative estimate of drug-likeness (QED) is 0.932. The number of halogens is 4. The number of carbonyl (C=O) groups excluding carboxylic acids is 1. The van der Waals surface area contributed by atoms with Gasteiger partial charge in [-0.2, -0.15) is 13.2 Å². The molecule has 2 aromatic rings. The molecule has 0 aliphatic heterocycles. The second-order valence-corrected chi connectivity index (χ2v) is 4.54. The molecular weight excluding hydrogens is 311 g/mol. The van der Waals surface area contributed by atoms with Gasteiger partial charge in [-0.05, 0) is 28.1 Å². The number of amides is 1. The third kappa shape index (κ3) is 4.15. The highest BCUT2D eigenvalue weighted by Gasteiger charge is 2.41. The second-order valence-electron chi connectivity index (χ2n) is 4.10. The van der Waals surface area contributed by atoms with Gasteiger partial charge in [-0.1, -0.05) is 23.7 Å². The van der Waals surface area contributed by atoms with Crippen molar-refractivity contribution in [2.75, 3.05) is 0 Å². The van der Waals surface area contributed by atoms with Crippen molar-refractivity contribution in [1.29, 1.82) is 0 Å². The van der Waals surface area contributed by atoms with Gasteiger partial charge < -0.3 is 5.32 Å². The van der Waals surface area contributed by atoms with E-state index in [9.17, 15) is 18.0 Å². The van der Waals surface area contributed by atoms with Gasteiger partial charge in [0.25, 0.3) is 0 Å². The standard InChI is InChI=1S/C11H9ClF3N5O/c12-8-3-1-7(2-4-8)10(11(13,14)15)17-9(21)5-20-6-16-18-19-20/h1-4,6,10H,5H2,(H,17,21)/t10-/m0/s1. The molecule has 0 saturated heterocycles. The number of carbonyl (C=O) groups is 1. The van der Waals surface area contributed by atoms with Crippen molar-refractivity contribution < 1.29 is 18.0 Å². The lowest BCUT2D eigenvalue weighted by molar-refractivity contribution is -0.163. The van der Waals surface area contributed by atoms with Crippen molar-refractivity contribution in [2.24, 2.45) is 0 Å². The van der Waals surface area contributed by atoms with Crippen molar-refractivity contribution in [3.05, 3.63) is 41.2 Å². The highest BCUT2D eigenvalue weighted by Crippen LogP contribution is 2.33. The summed E-state index contributed by atoms with van der Waals surface area (Å²) < 4.78 is 40.2. The van der Waals surface area contributed by atoms with E-state index in [0.717, 1.165) is 11.0 Å². The van der Waals surface area contributed by atoms with Gasteiger partial charge in [0.1, 0.15) is 12.9 Å². The lowest BCUT2D eigenvalue weighted by Crippen LogP contribution is -2.39. The first-order valence-electron chi connectivity index (χ1n) is 5.68. The summed E-state index contributed by atoms with van der Waals surface area (Å²) in [5, 5.41) is 12.2. The minimum atomic E-state index is -4.63. The van der Waals surface area contributed by atoms with Gasteiger partial charge >= 0.3 is 6.18 Å². The molecule has 0 saturated carbocycles. The molecule has 1 amide bonds. The number of tetrazole rings is 1. The van der Waals surface area contributed by atoms with Gasteiger partial charge in [0.05, 0.1) is 0 Å². The van der Waals surface area contributed by atoms with Crippen LogP contribution in [0.2, 0.25) is 5.02 Å². The van der Waals surface area contributed by atoms with E-state index < -0.39 is 24.7 Å². The van der Waals surface area contributed by atoms with Crippen LogP contribution in [0.1, 0.15) is 11.6 Å². The third-order valence-electron chi connectivity index (χ3n) is 2.53. The Morgan fingerprint density at radius 1 is 1.33 bits per heavy atom. The summed E-state index contributed by atoms with van der Waals surface area (Å²) in [6.07, 6.45) is -3.51. The van der Waals surface area contributed by atoms with Crippen LogP contribution in [0.4, 0.5) is 13.2 Å². The van der Waals surface area contributed by atoms with Crippen molar-refractivity contribution in [1.82, 2.24) is 25.5 Å². The van der Waals surface area contributed by atoms with E-state index in [1.54, 1.807) is 0 Å². The van der Waals surface area contributed by atoms with Crippen LogP contribution in [-0.2, 0) is 11.3 Å². The van der Waals surface area contributed by atoms with Gasteiger partial charge in [-0.15, -0.1) is 5.10 Å². The fraction of sp³-hybridized carbons (Fsp3) is 0.273. The van der Waals surface area contributed by atoms with E-state index >= 15 is 0 Å². The lowest BCUT2D eigenvalue weighted by atomic mass is 10.1. The van der Waals surface area contributed by atoms with Crippen LogP contribution in [0.25, 0.3) is 0 Å². The Balaban J connectivity index is 2.13. The Morgan fingerprint density at radius 3 is 2.52 bits per heavy atom. The fourth-order valence-corrected chi connectivity index (χ4v) is 1.74. The monoisotopic (exact) mass is 319 g/mol. The maximum atomic E-state index is 13.1. The van der Waals surface area contributed by atoms with Crippen LogP contribution in [0, 0.1) is 0 Å². The molecule has 6 nitrogen and oxygen atoms in total. The zero-order chi connectivity index (χ0) is 15.5. The summed E-state index contributed by atoms with van der Waals surface area (Å²) in [6, 6.07) is 2.93. The molecule has 1 atom stereocenters. The van der Waals surface area contributed by atoms with E-state index in [4.69, 9.17) is 11.6 Å². The molecule has 112 valence electrons. The van der Waals surface area contributed by atoms with Crippen LogP contribution in [-0.4, -0.2) is 32.3 Å². The first kappa shape index (κ1) is 15.2. The van der Waals surface area contributed by atoms with Gasteiger partial charge in [0, 0.05) is 5.02 Å². The van der Waals surface area contributed by atoms with Crippen molar-refractivity contribution in [3.63, 3.8) is 0 Å². The van der Waals surface area contributed by atoms with E-state index in [1.807, 2.05) is 5.32 Å². The minimum absolute atomic E-state index is 0.114. The zero-order valence-corrected chi connectivity index (χ0v) is 11.1. The summed E-state index contributed by atoms with van der Waals surface area (Å²) in [6.45, 7) is -0.410. The molecule has 1 aromatic carbocycles. The number of nitrogens with one attached hydrogen (secondary N) is 1. The number of rotatable bonds is 4. The van der Waals surface area contributed by atoms with Crippen molar-refractivity contribution in [3.8, 4) is 0 Å². The summed E-state index contributed by atoms with van der Waals surface area (Å²) >= 11 is 5.64. The van der Waals surface area contributed by atoms with E-state index in [2.05, 4.69) is 15.5 Å². The van der Waals surface area contributed by atoms with Crippen LogP contribution in [0.3, 0.4) is 0 Å². The number of aromatic nitrogens is 4. The highest BCUT2D eigenvalue weighted by molar-refractivity contribution is 6.30. The third-order valence-corrected chi connectivity index (χ3v) is 2.79. The highest BCUT2D eigenvalue weighted by atomic mass is 35.5. The lowest BCUT2D eigenvalue weighted by Gasteiger charge is -2.22. The number of benzene rings is 1. The summed E-state index contributed by atoms with van der Waals surface area (Å²) in [5.74, 6) is -0.862. The molecule has 1 N–H and O–H groups in total. The molecule has 0 aliphatic rings. The molecule has 0 unspecified atom stereocenters. The van der Waals surface area contributed by atoms with Gasteiger partial charge in [-0.3, -0.25) is 4.79 Å². The average molecular weight is 320 g/mol. The van der Waals surface area contributed by atoms with E-state index in [1.165, 1.54) is 24.3 Å². The van der Waals surface area contributed by atoms with Crippen LogP contribution in [0.5, 0.6) is 0 Å². The van der Waals surface area contributed by atoms with Gasteiger partial charge in [-0.25, -0.2) is 4.68 Å². The van der Waals surface area contributed by atoms with Crippen LogP contribution < -0.4 is 5.32 Å². The Kier molecular flexibility index (Phi) is 4.41. The number of hydrogen-bond donors (Lipinski definition) is 1. The van der Waals surface area contributed by atoms with Gasteiger partial charge in [0.2, 0.25) is 5.91 Å². The predicted molar refractivity (Wildman–Crippen MR) is 66.2 cm³/mol. The average Bonchev–Trinajstić information content (AvgIpc) is 2.89. The largest absolute Gasteiger partial charge is 0.412 e. The molecule has 1 aromatic heterocycles. The zero-order valence-electron chi connectivity index (χ0n) is 10.4. The van der Waals surface area contributed by atoms with Crippen molar-refractivity contribution in [2.45, 2.75) is 18.8 Å². The first-order chi connectivity index (χ1) is 9.86. The molecule has 2 rings (SSSR count). The summed E-state index contributed by atoms with van der Waals surface area (Å²) in [7, 11) is 0.